The summed E-state index contributed by atoms with van der Waals surface area (Å²) in [7, 11) is 0. The van der Waals surface area contributed by atoms with Crippen LogP contribution in [0.15, 0.2) is 72.8 Å². The van der Waals surface area contributed by atoms with Crippen LogP contribution in [0.2, 0.25) is 10.0 Å². The summed E-state index contributed by atoms with van der Waals surface area (Å²) in [6, 6.07) is 23.8. The zero-order valence-corrected chi connectivity index (χ0v) is 13.4. The summed E-state index contributed by atoms with van der Waals surface area (Å²) in [5, 5.41) is 1.46. The summed E-state index contributed by atoms with van der Waals surface area (Å²) < 4.78 is 0. The highest BCUT2D eigenvalue weighted by Gasteiger charge is 2.17. The summed E-state index contributed by atoms with van der Waals surface area (Å²) in [5.41, 5.74) is 10.2. The van der Waals surface area contributed by atoms with Gasteiger partial charge in [-0.1, -0.05) is 59.6 Å². The quantitative estimate of drug-likeness (QED) is 0.480. The van der Waals surface area contributed by atoms with Crippen LogP contribution in [0.1, 0.15) is 22.6 Å². The van der Waals surface area contributed by atoms with Gasteiger partial charge in [-0.25, -0.2) is 0 Å². The number of hydrogen-bond donors (Lipinski definition) is 1. The molecular formula is C19H15Cl2N. The Labute approximate surface area is 140 Å². The van der Waals surface area contributed by atoms with E-state index in [9.17, 15) is 0 Å². The van der Waals surface area contributed by atoms with Gasteiger partial charge in [0.15, 0.2) is 0 Å². The highest BCUT2D eigenvalue weighted by Crippen LogP contribution is 2.33. The van der Waals surface area contributed by atoms with Crippen molar-refractivity contribution in [3.8, 4) is 0 Å². The van der Waals surface area contributed by atoms with E-state index in [1.54, 1.807) is 0 Å². The third kappa shape index (κ3) is 3.27. The fourth-order valence-corrected chi connectivity index (χ4v) is 2.88. The Kier molecular flexibility index (Phi) is 4.37. The number of halogens is 2. The lowest BCUT2D eigenvalue weighted by atomic mass is 9.85. The highest BCUT2D eigenvalue weighted by molar-refractivity contribution is 6.30. The molecule has 0 bridgehead atoms. The predicted molar refractivity (Wildman–Crippen MR) is 94.7 cm³/mol. The Morgan fingerprint density at radius 2 is 1.14 bits per heavy atom. The summed E-state index contributed by atoms with van der Waals surface area (Å²) in [5.74, 6) is 0.0954. The number of hydrogen-bond acceptors (Lipinski definition) is 1. The van der Waals surface area contributed by atoms with Crippen LogP contribution in [0, 0.1) is 0 Å². The number of benzene rings is 3. The van der Waals surface area contributed by atoms with Gasteiger partial charge in [0.05, 0.1) is 0 Å². The molecule has 110 valence electrons. The maximum atomic E-state index is 6.02. The monoisotopic (exact) mass is 327 g/mol. The fourth-order valence-electron chi connectivity index (χ4n) is 2.63. The van der Waals surface area contributed by atoms with Gasteiger partial charge in [-0.15, -0.1) is 0 Å². The van der Waals surface area contributed by atoms with Crippen LogP contribution in [-0.2, 0) is 0 Å². The van der Waals surface area contributed by atoms with Crippen LogP contribution in [0.25, 0.3) is 0 Å². The van der Waals surface area contributed by atoms with Crippen molar-refractivity contribution in [2.24, 2.45) is 0 Å². The van der Waals surface area contributed by atoms with Crippen molar-refractivity contribution in [2.75, 3.05) is 5.73 Å². The van der Waals surface area contributed by atoms with Gasteiger partial charge >= 0.3 is 0 Å². The number of rotatable bonds is 3. The molecule has 3 aromatic carbocycles. The molecule has 2 N–H and O–H groups in total. The molecule has 3 heteroatoms. The minimum Gasteiger partial charge on any atom is -0.399 e. The van der Waals surface area contributed by atoms with Crippen LogP contribution >= 0.6 is 23.2 Å². The molecule has 0 atom stereocenters. The molecule has 0 saturated heterocycles. The summed E-state index contributed by atoms with van der Waals surface area (Å²) in [4.78, 5) is 0. The minimum absolute atomic E-state index is 0.0954. The predicted octanol–water partition coefficient (Wildman–Crippen LogP) is 5.76. The van der Waals surface area contributed by atoms with Gasteiger partial charge in [-0.2, -0.15) is 0 Å². The molecule has 3 aromatic rings. The molecule has 22 heavy (non-hydrogen) atoms. The lowest BCUT2D eigenvalue weighted by Gasteiger charge is -2.19. The molecule has 0 radical (unpaired) electrons. The Morgan fingerprint density at radius 1 is 0.636 bits per heavy atom. The summed E-state index contributed by atoms with van der Waals surface area (Å²) in [6.45, 7) is 0. The van der Waals surface area contributed by atoms with Crippen LogP contribution < -0.4 is 5.73 Å². The van der Waals surface area contributed by atoms with E-state index in [1.165, 1.54) is 0 Å². The van der Waals surface area contributed by atoms with Gasteiger partial charge in [-0.05, 0) is 53.1 Å². The molecule has 0 heterocycles. The Balaban J connectivity index is 2.13. The van der Waals surface area contributed by atoms with Gasteiger partial charge in [0.25, 0.3) is 0 Å². The minimum atomic E-state index is 0.0954. The first-order chi connectivity index (χ1) is 10.6. The topological polar surface area (TPSA) is 26.0 Å². The van der Waals surface area contributed by atoms with Gasteiger partial charge in [0.2, 0.25) is 0 Å². The van der Waals surface area contributed by atoms with Crippen LogP contribution in [0.4, 0.5) is 5.69 Å². The standard InChI is InChI=1S/C19H15Cl2N/c20-16-8-4-13(5-9-16)19(14-6-10-17(21)11-7-14)15-2-1-3-18(22)12-15/h1-12,19H,22H2. The van der Waals surface area contributed by atoms with Crippen LogP contribution in [0.3, 0.4) is 0 Å². The molecular weight excluding hydrogens is 313 g/mol. The first-order valence-electron chi connectivity index (χ1n) is 7.00. The van der Waals surface area contributed by atoms with Crippen molar-refractivity contribution in [2.45, 2.75) is 5.92 Å². The van der Waals surface area contributed by atoms with E-state index in [-0.39, 0.29) is 5.92 Å². The zero-order chi connectivity index (χ0) is 15.5. The molecule has 0 aliphatic heterocycles. The first-order valence-corrected chi connectivity index (χ1v) is 7.75. The van der Waals surface area contributed by atoms with Crippen molar-refractivity contribution in [1.29, 1.82) is 0 Å². The number of nitrogen functional groups attached to an aromatic ring is 1. The molecule has 0 saturated carbocycles. The van der Waals surface area contributed by atoms with Crippen molar-refractivity contribution >= 4 is 28.9 Å². The Bertz CT molecular complexity index is 719. The van der Waals surface area contributed by atoms with E-state index in [4.69, 9.17) is 28.9 Å². The number of nitrogens with two attached hydrogens (primary N) is 1. The van der Waals surface area contributed by atoms with E-state index in [2.05, 4.69) is 6.07 Å². The number of anilines is 1. The van der Waals surface area contributed by atoms with Crippen molar-refractivity contribution in [3.05, 3.63) is 99.5 Å². The lowest BCUT2D eigenvalue weighted by molar-refractivity contribution is 0.978. The fraction of sp³-hybridized carbons (Fsp3) is 0.0526. The highest BCUT2D eigenvalue weighted by atomic mass is 35.5. The lowest BCUT2D eigenvalue weighted by Crippen LogP contribution is -2.04. The SMILES string of the molecule is Nc1cccc(C(c2ccc(Cl)cc2)c2ccc(Cl)cc2)c1. The van der Waals surface area contributed by atoms with E-state index < -0.39 is 0 Å². The maximum absolute atomic E-state index is 6.02. The largest absolute Gasteiger partial charge is 0.399 e. The Hall–Kier alpha value is -1.96. The van der Waals surface area contributed by atoms with E-state index in [1.807, 2.05) is 66.7 Å². The molecule has 0 aromatic heterocycles. The summed E-state index contributed by atoms with van der Waals surface area (Å²) >= 11 is 12.0. The second-order valence-electron chi connectivity index (χ2n) is 5.21. The van der Waals surface area contributed by atoms with E-state index >= 15 is 0 Å². The Morgan fingerprint density at radius 3 is 1.59 bits per heavy atom. The molecule has 0 aliphatic carbocycles. The second kappa shape index (κ2) is 6.43. The molecule has 0 unspecified atom stereocenters. The van der Waals surface area contributed by atoms with E-state index in [0.717, 1.165) is 32.4 Å². The molecule has 3 rings (SSSR count). The maximum Gasteiger partial charge on any atom is 0.0406 e. The van der Waals surface area contributed by atoms with Gasteiger partial charge < -0.3 is 5.73 Å². The average molecular weight is 328 g/mol. The van der Waals surface area contributed by atoms with Crippen molar-refractivity contribution in [3.63, 3.8) is 0 Å². The smallest absolute Gasteiger partial charge is 0.0406 e. The molecule has 0 amide bonds. The molecule has 0 fully saturated rings. The third-order valence-corrected chi connectivity index (χ3v) is 4.15. The average Bonchev–Trinajstić information content (AvgIpc) is 2.51. The zero-order valence-electron chi connectivity index (χ0n) is 11.8. The molecule has 0 aliphatic rings. The van der Waals surface area contributed by atoms with Crippen LogP contribution in [-0.4, -0.2) is 0 Å². The van der Waals surface area contributed by atoms with Crippen LogP contribution in [0.5, 0.6) is 0 Å². The van der Waals surface area contributed by atoms with Gasteiger partial charge in [0, 0.05) is 21.7 Å². The molecule has 1 nitrogen and oxygen atoms in total. The van der Waals surface area contributed by atoms with Gasteiger partial charge in [0.1, 0.15) is 0 Å². The second-order valence-corrected chi connectivity index (χ2v) is 6.08. The van der Waals surface area contributed by atoms with Gasteiger partial charge in [-0.3, -0.25) is 0 Å². The van der Waals surface area contributed by atoms with Crippen molar-refractivity contribution < 1.29 is 0 Å². The first kappa shape index (κ1) is 15.0. The van der Waals surface area contributed by atoms with E-state index in [0.29, 0.717) is 0 Å². The summed E-state index contributed by atoms with van der Waals surface area (Å²) in [6.07, 6.45) is 0. The normalized spacial score (nSPS) is 10.9. The molecule has 0 spiro atoms. The third-order valence-electron chi connectivity index (χ3n) is 3.65. The van der Waals surface area contributed by atoms with Crippen molar-refractivity contribution in [1.82, 2.24) is 0 Å².